The highest BCUT2D eigenvalue weighted by atomic mass is 16.5. The lowest BCUT2D eigenvalue weighted by molar-refractivity contribution is -0.144. The monoisotopic (exact) mass is 562 g/mol. The summed E-state index contributed by atoms with van der Waals surface area (Å²) in [4.78, 5) is 16.1. The molecule has 0 radical (unpaired) electrons. The molecule has 1 N–H and O–H groups in total. The third-order valence-corrected chi connectivity index (χ3v) is 7.26. The zero-order valence-corrected chi connectivity index (χ0v) is 23.5. The van der Waals surface area contributed by atoms with E-state index in [1.807, 2.05) is 91.9 Å². The van der Waals surface area contributed by atoms with Crippen LogP contribution in [0.25, 0.3) is 33.3 Å². The fourth-order valence-electron chi connectivity index (χ4n) is 5.10. The quantitative estimate of drug-likeness (QED) is 0.188. The Morgan fingerprint density at radius 3 is 2.48 bits per heavy atom. The molecule has 0 amide bonds. The predicted molar refractivity (Wildman–Crippen MR) is 160 cm³/mol. The van der Waals surface area contributed by atoms with Gasteiger partial charge in [-0.1, -0.05) is 48.5 Å². The van der Waals surface area contributed by atoms with Crippen molar-refractivity contribution in [2.45, 2.75) is 33.1 Å². The Labute approximate surface area is 242 Å². The summed E-state index contributed by atoms with van der Waals surface area (Å²) in [6, 6.07) is 29.4. The summed E-state index contributed by atoms with van der Waals surface area (Å²) in [6.07, 6.45) is -0.972. The van der Waals surface area contributed by atoms with E-state index in [4.69, 9.17) is 18.6 Å². The van der Waals surface area contributed by atoms with E-state index < -0.39 is 12.1 Å². The molecule has 0 spiro atoms. The van der Waals surface area contributed by atoms with Gasteiger partial charge in [-0.25, -0.2) is 9.78 Å². The molecule has 0 fully saturated rings. The minimum absolute atomic E-state index is 0.238. The summed E-state index contributed by atoms with van der Waals surface area (Å²) in [5, 5.41) is 11.3. The van der Waals surface area contributed by atoms with Crippen LogP contribution in [0.3, 0.4) is 0 Å². The molecule has 2 heterocycles. The average Bonchev–Trinajstić information content (AvgIpc) is 3.54. The molecule has 8 nitrogen and oxygen atoms in total. The minimum atomic E-state index is -1.01. The Bertz CT molecular complexity index is 1890. The average molecular weight is 563 g/mol. The van der Waals surface area contributed by atoms with E-state index in [0.717, 1.165) is 38.6 Å². The number of aryl methyl sites for hydroxylation is 1. The minimum Gasteiger partial charge on any atom is -0.493 e. The number of ether oxygens (including phenoxy) is 3. The standard InChI is InChI=1S/C34H30N2O6/c1-21-26(35-33(42-21)24-10-5-4-6-11-24)20-40-29-17-16-23(18-31(29)39-3)19-36-27-13-8-7-12-25(27)32-28(36)14-9-15-30(32)41-22(2)34(37)38/h4-18,22H,19-20H2,1-3H3,(H,37,38)/t22-/m0/s1. The largest absolute Gasteiger partial charge is 0.493 e. The van der Waals surface area contributed by atoms with Crippen molar-refractivity contribution < 1.29 is 28.5 Å². The lowest BCUT2D eigenvalue weighted by Gasteiger charge is -2.14. The molecule has 2 aromatic heterocycles. The van der Waals surface area contributed by atoms with Crippen LogP contribution in [0.15, 0.2) is 95.4 Å². The highest BCUT2D eigenvalue weighted by Crippen LogP contribution is 2.37. The summed E-state index contributed by atoms with van der Waals surface area (Å²) in [5.41, 5.74) is 4.60. The SMILES string of the molecule is COc1cc(Cn2c3ccccc3c3c(O[C@@H](C)C(=O)O)cccc32)ccc1OCc1nc(-c2ccccc2)oc1C. The first-order valence-corrected chi connectivity index (χ1v) is 13.6. The topological polar surface area (TPSA) is 96.0 Å². The second-order valence-corrected chi connectivity index (χ2v) is 10.0. The molecular weight excluding hydrogens is 532 g/mol. The zero-order valence-electron chi connectivity index (χ0n) is 23.5. The fourth-order valence-corrected chi connectivity index (χ4v) is 5.10. The van der Waals surface area contributed by atoms with Crippen molar-refractivity contribution in [2.24, 2.45) is 0 Å². The number of benzene rings is 4. The van der Waals surface area contributed by atoms with E-state index in [1.54, 1.807) is 7.11 Å². The lowest BCUT2D eigenvalue weighted by atomic mass is 10.1. The van der Waals surface area contributed by atoms with E-state index in [1.165, 1.54) is 6.92 Å². The van der Waals surface area contributed by atoms with Gasteiger partial charge < -0.3 is 28.3 Å². The highest BCUT2D eigenvalue weighted by Gasteiger charge is 2.19. The number of methoxy groups -OCH3 is 1. The van der Waals surface area contributed by atoms with Crippen LogP contribution in [-0.2, 0) is 17.9 Å². The van der Waals surface area contributed by atoms with Gasteiger partial charge in [0.15, 0.2) is 17.6 Å². The maximum Gasteiger partial charge on any atom is 0.344 e. The molecule has 212 valence electrons. The summed E-state index contributed by atoms with van der Waals surface area (Å²) >= 11 is 0. The Balaban J connectivity index is 1.28. The van der Waals surface area contributed by atoms with Gasteiger partial charge in [0.25, 0.3) is 0 Å². The number of carboxylic acids is 1. The van der Waals surface area contributed by atoms with Gasteiger partial charge in [0.05, 0.1) is 12.6 Å². The number of para-hydroxylation sites is 1. The third-order valence-electron chi connectivity index (χ3n) is 7.26. The molecule has 0 aliphatic rings. The van der Waals surface area contributed by atoms with Crippen molar-refractivity contribution in [3.8, 4) is 28.7 Å². The van der Waals surface area contributed by atoms with Crippen molar-refractivity contribution >= 4 is 27.8 Å². The molecule has 0 saturated heterocycles. The van der Waals surface area contributed by atoms with Crippen LogP contribution in [-0.4, -0.2) is 33.8 Å². The second kappa shape index (κ2) is 11.3. The molecule has 8 heteroatoms. The van der Waals surface area contributed by atoms with Crippen LogP contribution in [0.4, 0.5) is 0 Å². The Hall–Kier alpha value is -5.24. The summed E-state index contributed by atoms with van der Waals surface area (Å²) < 4.78 is 25.8. The van der Waals surface area contributed by atoms with Gasteiger partial charge in [0, 0.05) is 28.4 Å². The van der Waals surface area contributed by atoms with Crippen LogP contribution < -0.4 is 14.2 Å². The number of aliphatic carboxylic acids is 1. The molecule has 0 bridgehead atoms. The van der Waals surface area contributed by atoms with Gasteiger partial charge in [-0.3, -0.25) is 0 Å². The van der Waals surface area contributed by atoms with Gasteiger partial charge in [-0.15, -0.1) is 0 Å². The van der Waals surface area contributed by atoms with Gasteiger partial charge >= 0.3 is 5.97 Å². The highest BCUT2D eigenvalue weighted by molar-refractivity contribution is 6.11. The number of nitrogens with zero attached hydrogens (tertiary/aromatic N) is 2. The maximum atomic E-state index is 11.5. The van der Waals surface area contributed by atoms with Crippen molar-refractivity contribution in [3.63, 3.8) is 0 Å². The molecule has 0 aliphatic carbocycles. The van der Waals surface area contributed by atoms with Crippen LogP contribution in [0.2, 0.25) is 0 Å². The lowest BCUT2D eigenvalue weighted by Crippen LogP contribution is -2.22. The molecule has 0 aliphatic heterocycles. The van der Waals surface area contributed by atoms with E-state index in [9.17, 15) is 9.90 Å². The van der Waals surface area contributed by atoms with Crippen LogP contribution in [0.5, 0.6) is 17.2 Å². The van der Waals surface area contributed by atoms with E-state index in [-0.39, 0.29) is 6.61 Å². The number of hydrogen-bond acceptors (Lipinski definition) is 6. The number of fused-ring (bicyclic) bond motifs is 3. The summed E-state index contributed by atoms with van der Waals surface area (Å²) in [7, 11) is 1.62. The van der Waals surface area contributed by atoms with Crippen molar-refractivity contribution in [3.05, 3.63) is 108 Å². The maximum absolute atomic E-state index is 11.5. The first kappa shape index (κ1) is 27.0. The first-order valence-electron chi connectivity index (χ1n) is 13.6. The molecule has 1 atom stereocenters. The van der Waals surface area contributed by atoms with E-state index >= 15 is 0 Å². The molecule has 42 heavy (non-hydrogen) atoms. The number of carboxylic acid groups (broad SMARTS) is 1. The number of aromatic nitrogens is 2. The Morgan fingerprint density at radius 2 is 1.69 bits per heavy atom. The summed E-state index contributed by atoms with van der Waals surface area (Å²) in [5.74, 6) is 2.00. The van der Waals surface area contributed by atoms with Gasteiger partial charge in [0.1, 0.15) is 23.8 Å². The van der Waals surface area contributed by atoms with Gasteiger partial charge in [-0.05, 0) is 61.9 Å². The molecule has 6 aromatic rings. The fraction of sp³-hybridized carbons (Fsp3) is 0.176. The number of oxazole rings is 1. The van der Waals surface area contributed by atoms with Crippen molar-refractivity contribution in [2.75, 3.05) is 7.11 Å². The van der Waals surface area contributed by atoms with Crippen molar-refractivity contribution in [1.29, 1.82) is 0 Å². The normalized spacial score (nSPS) is 12.0. The van der Waals surface area contributed by atoms with Gasteiger partial charge in [-0.2, -0.15) is 0 Å². The smallest absolute Gasteiger partial charge is 0.344 e. The Kier molecular flexibility index (Phi) is 7.27. The molecular formula is C34H30N2O6. The molecule has 4 aromatic carbocycles. The molecule has 0 saturated carbocycles. The summed E-state index contributed by atoms with van der Waals surface area (Å²) in [6.45, 7) is 4.20. The van der Waals surface area contributed by atoms with Crippen molar-refractivity contribution in [1.82, 2.24) is 9.55 Å². The first-order chi connectivity index (χ1) is 20.4. The van der Waals surface area contributed by atoms with E-state index in [0.29, 0.717) is 35.4 Å². The predicted octanol–water partition coefficient (Wildman–Crippen LogP) is 7.25. The van der Waals surface area contributed by atoms with Gasteiger partial charge in [0.2, 0.25) is 5.89 Å². The number of rotatable bonds is 10. The number of carbonyl (C=O) groups is 1. The third kappa shape index (κ3) is 5.14. The second-order valence-electron chi connectivity index (χ2n) is 10.0. The molecule has 0 unspecified atom stereocenters. The Morgan fingerprint density at radius 1 is 0.929 bits per heavy atom. The van der Waals surface area contributed by atoms with Crippen LogP contribution >= 0.6 is 0 Å². The van der Waals surface area contributed by atoms with Crippen LogP contribution in [0.1, 0.15) is 23.9 Å². The van der Waals surface area contributed by atoms with E-state index in [2.05, 4.69) is 15.6 Å². The number of hydrogen-bond donors (Lipinski definition) is 1. The zero-order chi connectivity index (χ0) is 29.2. The van der Waals surface area contributed by atoms with Crippen LogP contribution in [0, 0.1) is 6.92 Å². The molecule has 6 rings (SSSR count).